The van der Waals surface area contributed by atoms with Gasteiger partial charge in [-0.1, -0.05) is 39.8 Å². The predicted octanol–water partition coefficient (Wildman–Crippen LogP) is 8.54. The van der Waals surface area contributed by atoms with Gasteiger partial charge in [0.15, 0.2) is 0 Å². The summed E-state index contributed by atoms with van der Waals surface area (Å²) in [5.74, 6) is 0.203. The lowest BCUT2D eigenvalue weighted by atomic mass is 9.87. The van der Waals surface area contributed by atoms with E-state index < -0.39 is 0 Å². The molecule has 0 spiro atoms. The normalized spacial score (nSPS) is 12.2. The lowest BCUT2D eigenvalue weighted by molar-refractivity contribution is -0.0152. The van der Waals surface area contributed by atoms with Crippen LogP contribution in [0.2, 0.25) is 0 Å². The Kier molecular flexibility index (Phi) is 7.51. The number of fused-ring (bicyclic) bond motifs is 1. The molecule has 36 heavy (non-hydrogen) atoms. The maximum absolute atomic E-state index is 13.9. The summed E-state index contributed by atoms with van der Waals surface area (Å²) in [5, 5.41) is 4.80. The van der Waals surface area contributed by atoms with Gasteiger partial charge in [0.05, 0.1) is 12.2 Å². The third kappa shape index (κ3) is 5.79. The molecule has 0 saturated carbocycles. The van der Waals surface area contributed by atoms with Crippen molar-refractivity contribution in [1.29, 1.82) is 0 Å². The summed E-state index contributed by atoms with van der Waals surface area (Å²) in [4.78, 5) is 8.48. The summed E-state index contributed by atoms with van der Waals surface area (Å²) >= 11 is 0. The van der Waals surface area contributed by atoms with Crippen molar-refractivity contribution in [3.8, 4) is 11.1 Å². The lowest BCUT2D eigenvalue weighted by Crippen LogP contribution is -2.21. The Labute approximate surface area is 214 Å². The third-order valence-corrected chi connectivity index (χ3v) is 6.36. The highest BCUT2D eigenvalue weighted by Crippen LogP contribution is 2.38. The highest BCUT2D eigenvalue weighted by molar-refractivity contribution is 5.83. The van der Waals surface area contributed by atoms with Gasteiger partial charge in [0.25, 0.3) is 0 Å². The number of aromatic nitrogens is 2. The van der Waals surface area contributed by atoms with Gasteiger partial charge in [-0.05, 0) is 80.1 Å². The molecular formula is C31H38FN3O. The SMILES string of the molecule is CC(C)c1nc(C(C)C)c(COC(C)(C)C)c(-c2ccc(F)cc2)c1CNc1ccc2[nH]ccc2c1. The molecule has 0 aliphatic rings. The van der Waals surface area contributed by atoms with Gasteiger partial charge in [-0.2, -0.15) is 0 Å². The minimum atomic E-state index is -0.296. The topological polar surface area (TPSA) is 49.9 Å². The molecule has 2 aromatic heterocycles. The summed E-state index contributed by atoms with van der Waals surface area (Å²) in [6.45, 7) is 15.9. The van der Waals surface area contributed by atoms with E-state index in [9.17, 15) is 4.39 Å². The Morgan fingerprint density at radius 3 is 2.22 bits per heavy atom. The fraction of sp³-hybridized carbons (Fsp3) is 0.387. The van der Waals surface area contributed by atoms with Gasteiger partial charge in [-0.3, -0.25) is 4.98 Å². The Morgan fingerprint density at radius 2 is 1.58 bits per heavy atom. The smallest absolute Gasteiger partial charge is 0.123 e. The van der Waals surface area contributed by atoms with Crippen molar-refractivity contribution in [1.82, 2.24) is 9.97 Å². The van der Waals surface area contributed by atoms with Crippen molar-refractivity contribution < 1.29 is 9.13 Å². The van der Waals surface area contributed by atoms with Crippen LogP contribution in [0.15, 0.2) is 54.7 Å². The third-order valence-electron chi connectivity index (χ3n) is 6.36. The molecule has 5 heteroatoms. The zero-order chi connectivity index (χ0) is 26.0. The average molecular weight is 488 g/mol. The van der Waals surface area contributed by atoms with Crippen LogP contribution in [0.5, 0.6) is 0 Å². The molecule has 0 aliphatic heterocycles. The molecule has 0 bridgehead atoms. The molecule has 0 atom stereocenters. The van der Waals surface area contributed by atoms with Crippen molar-refractivity contribution in [2.75, 3.05) is 5.32 Å². The number of aromatic amines is 1. The van der Waals surface area contributed by atoms with Crippen molar-refractivity contribution in [3.63, 3.8) is 0 Å². The van der Waals surface area contributed by atoms with Crippen molar-refractivity contribution in [2.45, 2.75) is 79.1 Å². The number of hydrogen-bond acceptors (Lipinski definition) is 3. The van der Waals surface area contributed by atoms with E-state index in [1.54, 1.807) is 0 Å². The van der Waals surface area contributed by atoms with Gasteiger partial charge in [0.2, 0.25) is 0 Å². The van der Waals surface area contributed by atoms with Crippen LogP contribution in [-0.4, -0.2) is 15.6 Å². The first-order chi connectivity index (χ1) is 17.0. The summed E-state index contributed by atoms with van der Waals surface area (Å²) in [6.07, 6.45) is 1.95. The molecule has 0 amide bonds. The largest absolute Gasteiger partial charge is 0.381 e. The Morgan fingerprint density at radius 1 is 0.917 bits per heavy atom. The van der Waals surface area contributed by atoms with E-state index in [0.717, 1.165) is 50.2 Å². The minimum Gasteiger partial charge on any atom is -0.381 e. The van der Waals surface area contributed by atoms with Gasteiger partial charge in [-0.15, -0.1) is 0 Å². The summed E-state index contributed by atoms with van der Waals surface area (Å²) in [5.41, 5.74) is 8.24. The Hall–Kier alpha value is -3.18. The number of hydrogen-bond donors (Lipinski definition) is 2. The van der Waals surface area contributed by atoms with Crippen LogP contribution >= 0.6 is 0 Å². The zero-order valence-corrected chi connectivity index (χ0v) is 22.5. The number of rotatable bonds is 8. The van der Waals surface area contributed by atoms with Gasteiger partial charge in [-0.25, -0.2) is 4.39 Å². The van der Waals surface area contributed by atoms with Gasteiger partial charge < -0.3 is 15.0 Å². The molecule has 0 aliphatic carbocycles. The Balaban J connectivity index is 1.89. The van der Waals surface area contributed by atoms with Crippen LogP contribution in [0.3, 0.4) is 0 Å². The fourth-order valence-electron chi connectivity index (χ4n) is 4.59. The van der Waals surface area contributed by atoms with Crippen molar-refractivity contribution in [3.05, 3.63) is 83.1 Å². The number of pyridine rings is 1. The number of nitrogens with one attached hydrogen (secondary N) is 2. The molecule has 0 saturated heterocycles. The first-order valence-corrected chi connectivity index (χ1v) is 12.8. The molecule has 0 radical (unpaired) electrons. The van der Waals surface area contributed by atoms with E-state index in [4.69, 9.17) is 9.72 Å². The van der Waals surface area contributed by atoms with Crippen LogP contribution in [0.1, 0.15) is 82.8 Å². The van der Waals surface area contributed by atoms with E-state index in [1.165, 1.54) is 12.1 Å². The number of nitrogens with zero attached hydrogens (tertiary/aromatic N) is 1. The monoisotopic (exact) mass is 487 g/mol. The lowest BCUT2D eigenvalue weighted by Gasteiger charge is -2.27. The molecule has 2 N–H and O–H groups in total. The number of anilines is 1. The number of benzene rings is 2. The zero-order valence-electron chi connectivity index (χ0n) is 22.5. The highest BCUT2D eigenvalue weighted by atomic mass is 19.1. The summed E-state index contributed by atoms with van der Waals surface area (Å²) in [6, 6.07) is 15.2. The first kappa shape index (κ1) is 25.9. The number of halogens is 1. The highest BCUT2D eigenvalue weighted by Gasteiger charge is 2.25. The fourth-order valence-corrected chi connectivity index (χ4v) is 4.59. The molecule has 2 heterocycles. The van der Waals surface area contributed by atoms with E-state index in [1.807, 2.05) is 18.3 Å². The van der Waals surface area contributed by atoms with Crippen LogP contribution < -0.4 is 5.32 Å². The van der Waals surface area contributed by atoms with E-state index in [0.29, 0.717) is 13.2 Å². The second kappa shape index (κ2) is 10.4. The Bertz CT molecular complexity index is 1330. The second-order valence-corrected chi connectivity index (χ2v) is 11.1. The minimum absolute atomic E-state index is 0.221. The molecule has 0 fully saturated rings. The van der Waals surface area contributed by atoms with Crippen LogP contribution in [0, 0.1) is 5.82 Å². The van der Waals surface area contributed by atoms with Crippen molar-refractivity contribution >= 4 is 16.6 Å². The maximum atomic E-state index is 13.9. The molecule has 4 rings (SSSR count). The summed E-state index contributed by atoms with van der Waals surface area (Å²) < 4.78 is 20.3. The number of H-pyrrole nitrogens is 1. The second-order valence-electron chi connectivity index (χ2n) is 11.1. The van der Waals surface area contributed by atoms with Crippen LogP contribution in [0.25, 0.3) is 22.0 Å². The van der Waals surface area contributed by atoms with E-state index in [-0.39, 0.29) is 23.3 Å². The van der Waals surface area contributed by atoms with Crippen molar-refractivity contribution in [2.24, 2.45) is 0 Å². The molecule has 2 aromatic carbocycles. The van der Waals surface area contributed by atoms with E-state index >= 15 is 0 Å². The van der Waals surface area contributed by atoms with Gasteiger partial charge >= 0.3 is 0 Å². The average Bonchev–Trinajstić information content (AvgIpc) is 3.28. The molecule has 0 unspecified atom stereocenters. The first-order valence-electron chi connectivity index (χ1n) is 12.8. The number of ether oxygens (including phenoxy) is 1. The molecule has 4 aromatic rings. The predicted molar refractivity (Wildman–Crippen MR) is 148 cm³/mol. The molecule has 4 nitrogen and oxygen atoms in total. The van der Waals surface area contributed by atoms with Gasteiger partial charge in [0, 0.05) is 51.8 Å². The molecular weight excluding hydrogens is 449 g/mol. The standard InChI is InChI=1S/C31H38FN3O/c1-19(2)29-25(17-34-24-12-13-27-22(16-24)14-15-33-27)28(21-8-10-23(32)11-9-21)26(18-36-31(5,6)7)30(35-29)20(3)4/h8-16,19-20,33-34H,17-18H2,1-7H3. The molecule has 190 valence electrons. The van der Waals surface area contributed by atoms with Crippen LogP contribution in [0.4, 0.5) is 10.1 Å². The van der Waals surface area contributed by atoms with E-state index in [2.05, 4.69) is 83.0 Å². The maximum Gasteiger partial charge on any atom is 0.123 e. The quantitative estimate of drug-likeness (QED) is 0.262. The van der Waals surface area contributed by atoms with Crippen LogP contribution in [-0.2, 0) is 17.9 Å². The van der Waals surface area contributed by atoms with Gasteiger partial charge in [0.1, 0.15) is 5.82 Å². The summed E-state index contributed by atoms with van der Waals surface area (Å²) in [7, 11) is 0.